The number of aryl methyl sites for hydroxylation is 1. The van der Waals surface area contributed by atoms with Gasteiger partial charge in [0.1, 0.15) is 0 Å². The molecule has 0 radical (unpaired) electrons. The lowest BCUT2D eigenvalue weighted by Crippen LogP contribution is -2.08. The fraction of sp³-hybridized carbons (Fsp3) is 0.0625. The maximum atomic E-state index is 11.8. The predicted octanol–water partition coefficient (Wildman–Crippen LogP) is 4.41. The predicted molar refractivity (Wildman–Crippen MR) is 83.0 cm³/mol. The van der Waals surface area contributed by atoms with Gasteiger partial charge in [-0.15, -0.1) is 0 Å². The number of halogens is 1. The van der Waals surface area contributed by atoms with E-state index in [9.17, 15) is 4.79 Å². The van der Waals surface area contributed by atoms with Crippen LogP contribution < -0.4 is 5.32 Å². The van der Waals surface area contributed by atoms with Crippen molar-refractivity contribution in [2.75, 3.05) is 5.32 Å². The monoisotopic (exact) mass is 315 g/mol. The number of benzene rings is 2. The van der Waals surface area contributed by atoms with Crippen molar-refractivity contribution in [1.82, 2.24) is 0 Å². The topological polar surface area (TPSA) is 29.1 Å². The Morgan fingerprint density at radius 3 is 2.58 bits per heavy atom. The van der Waals surface area contributed by atoms with E-state index in [1.807, 2.05) is 55.5 Å². The van der Waals surface area contributed by atoms with Gasteiger partial charge in [0.25, 0.3) is 0 Å². The molecule has 0 saturated carbocycles. The zero-order valence-corrected chi connectivity index (χ0v) is 12.1. The molecule has 0 aromatic heterocycles. The van der Waals surface area contributed by atoms with Gasteiger partial charge in [-0.1, -0.05) is 46.3 Å². The van der Waals surface area contributed by atoms with Crippen molar-refractivity contribution in [2.45, 2.75) is 6.92 Å². The lowest BCUT2D eigenvalue weighted by molar-refractivity contribution is -0.111. The molecule has 0 saturated heterocycles. The number of rotatable bonds is 3. The van der Waals surface area contributed by atoms with Gasteiger partial charge in [-0.3, -0.25) is 4.79 Å². The lowest BCUT2D eigenvalue weighted by Gasteiger charge is -2.06. The number of amides is 1. The highest BCUT2D eigenvalue weighted by Crippen LogP contribution is 2.20. The van der Waals surface area contributed by atoms with E-state index < -0.39 is 0 Å². The van der Waals surface area contributed by atoms with Crippen LogP contribution in [0.2, 0.25) is 0 Å². The first-order valence-electron chi connectivity index (χ1n) is 5.95. The summed E-state index contributed by atoms with van der Waals surface area (Å²) in [5, 5.41) is 2.86. The van der Waals surface area contributed by atoms with Crippen molar-refractivity contribution in [3.8, 4) is 0 Å². The average Bonchev–Trinajstić information content (AvgIpc) is 2.41. The highest BCUT2D eigenvalue weighted by atomic mass is 79.9. The first kappa shape index (κ1) is 13.6. The smallest absolute Gasteiger partial charge is 0.248 e. The highest BCUT2D eigenvalue weighted by Gasteiger charge is 2.01. The van der Waals surface area contributed by atoms with E-state index in [1.165, 1.54) is 6.08 Å². The molecule has 0 aliphatic carbocycles. The second-order valence-corrected chi connectivity index (χ2v) is 5.11. The van der Waals surface area contributed by atoms with Gasteiger partial charge < -0.3 is 5.32 Å². The number of carbonyl (C=O) groups is 1. The van der Waals surface area contributed by atoms with E-state index >= 15 is 0 Å². The third-order valence-corrected chi connectivity index (χ3v) is 3.17. The summed E-state index contributed by atoms with van der Waals surface area (Å²) in [7, 11) is 0. The van der Waals surface area contributed by atoms with Crippen LogP contribution in [0.4, 0.5) is 5.69 Å². The van der Waals surface area contributed by atoms with Gasteiger partial charge in [0.05, 0.1) is 0 Å². The molecule has 2 aromatic rings. The number of nitrogens with one attached hydrogen (secondary N) is 1. The van der Waals surface area contributed by atoms with Crippen LogP contribution in [-0.4, -0.2) is 5.91 Å². The molecule has 0 aliphatic rings. The van der Waals surface area contributed by atoms with Crippen molar-refractivity contribution < 1.29 is 4.79 Å². The number of anilines is 1. The summed E-state index contributed by atoms with van der Waals surface area (Å²) in [5.41, 5.74) is 2.85. The van der Waals surface area contributed by atoms with E-state index in [1.54, 1.807) is 6.08 Å². The van der Waals surface area contributed by atoms with Gasteiger partial charge in [-0.2, -0.15) is 0 Å². The Morgan fingerprint density at radius 2 is 1.89 bits per heavy atom. The third kappa shape index (κ3) is 4.07. The van der Waals surface area contributed by atoms with Crippen molar-refractivity contribution >= 4 is 33.6 Å². The second kappa shape index (κ2) is 6.34. The summed E-state index contributed by atoms with van der Waals surface area (Å²) < 4.78 is 1.00. The molecule has 19 heavy (non-hydrogen) atoms. The summed E-state index contributed by atoms with van der Waals surface area (Å²) in [4.78, 5) is 11.8. The zero-order valence-electron chi connectivity index (χ0n) is 10.6. The molecule has 0 fully saturated rings. The van der Waals surface area contributed by atoms with Gasteiger partial charge in [0.2, 0.25) is 5.91 Å². The van der Waals surface area contributed by atoms with E-state index in [-0.39, 0.29) is 5.91 Å². The lowest BCUT2D eigenvalue weighted by atomic mass is 10.2. The maximum absolute atomic E-state index is 11.8. The van der Waals surface area contributed by atoms with E-state index in [2.05, 4.69) is 21.2 Å². The fourth-order valence-electron chi connectivity index (χ4n) is 1.68. The molecule has 1 N–H and O–H groups in total. The van der Waals surface area contributed by atoms with Gasteiger partial charge in [-0.05, 0) is 42.3 Å². The SMILES string of the molecule is Cc1cc(Br)ccc1NC(=O)/C=C\c1ccccc1. The molecule has 2 nitrogen and oxygen atoms in total. The number of hydrogen-bond donors (Lipinski definition) is 1. The molecule has 0 bridgehead atoms. The van der Waals surface area contributed by atoms with Crippen LogP contribution in [0.3, 0.4) is 0 Å². The van der Waals surface area contributed by atoms with Crippen molar-refractivity contribution in [2.24, 2.45) is 0 Å². The molecule has 1 amide bonds. The minimum atomic E-state index is -0.130. The van der Waals surface area contributed by atoms with Crippen molar-refractivity contribution in [3.05, 3.63) is 70.2 Å². The molecule has 0 heterocycles. The summed E-state index contributed by atoms with van der Waals surface area (Å²) in [5.74, 6) is -0.130. The molecule has 0 spiro atoms. The maximum Gasteiger partial charge on any atom is 0.248 e. The molecular formula is C16H14BrNO. The summed E-state index contributed by atoms with van der Waals surface area (Å²) in [6.45, 7) is 1.96. The van der Waals surface area contributed by atoms with Crippen LogP contribution in [0.5, 0.6) is 0 Å². The Morgan fingerprint density at radius 1 is 1.16 bits per heavy atom. The van der Waals surface area contributed by atoms with E-state index in [0.29, 0.717) is 0 Å². The molecular weight excluding hydrogens is 302 g/mol. The zero-order chi connectivity index (χ0) is 13.7. The normalized spacial score (nSPS) is 10.6. The van der Waals surface area contributed by atoms with Crippen LogP contribution in [0.1, 0.15) is 11.1 Å². The molecule has 2 aromatic carbocycles. The Hall–Kier alpha value is -1.87. The molecule has 2 rings (SSSR count). The summed E-state index contributed by atoms with van der Waals surface area (Å²) >= 11 is 3.40. The minimum absolute atomic E-state index is 0.130. The molecule has 3 heteroatoms. The Bertz CT molecular complexity index is 605. The van der Waals surface area contributed by atoms with Crippen LogP contribution in [0, 0.1) is 6.92 Å². The minimum Gasteiger partial charge on any atom is -0.322 e. The Labute approximate surface area is 121 Å². The first-order chi connectivity index (χ1) is 9.15. The largest absolute Gasteiger partial charge is 0.322 e. The molecule has 0 aliphatic heterocycles. The number of carbonyl (C=O) groups excluding carboxylic acids is 1. The van der Waals surface area contributed by atoms with Gasteiger partial charge in [-0.25, -0.2) is 0 Å². The van der Waals surface area contributed by atoms with Gasteiger partial charge in [0, 0.05) is 16.2 Å². The standard InChI is InChI=1S/C16H14BrNO/c1-12-11-14(17)8-9-15(12)18-16(19)10-7-13-5-3-2-4-6-13/h2-11H,1H3,(H,18,19)/b10-7-. The third-order valence-electron chi connectivity index (χ3n) is 2.67. The van der Waals surface area contributed by atoms with Crippen LogP contribution in [0.25, 0.3) is 6.08 Å². The fourth-order valence-corrected chi connectivity index (χ4v) is 2.15. The first-order valence-corrected chi connectivity index (χ1v) is 6.75. The quantitative estimate of drug-likeness (QED) is 0.835. The highest BCUT2D eigenvalue weighted by molar-refractivity contribution is 9.10. The van der Waals surface area contributed by atoms with Crippen LogP contribution in [0.15, 0.2) is 59.1 Å². The summed E-state index contributed by atoms with van der Waals surface area (Å²) in [6.07, 6.45) is 3.33. The Balaban J connectivity index is 2.04. The summed E-state index contributed by atoms with van der Waals surface area (Å²) in [6, 6.07) is 15.5. The van der Waals surface area contributed by atoms with Gasteiger partial charge in [0.15, 0.2) is 0 Å². The van der Waals surface area contributed by atoms with Gasteiger partial charge >= 0.3 is 0 Å². The molecule has 96 valence electrons. The van der Waals surface area contributed by atoms with E-state index in [4.69, 9.17) is 0 Å². The van der Waals surface area contributed by atoms with E-state index in [0.717, 1.165) is 21.3 Å². The average molecular weight is 316 g/mol. The van der Waals surface area contributed by atoms with Crippen molar-refractivity contribution in [3.63, 3.8) is 0 Å². The Kier molecular flexibility index (Phi) is 4.53. The molecule has 0 unspecified atom stereocenters. The molecule has 0 atom stereocenters. The number of hydrogen-bond acceptors (Lipinski definition) is 1. The van der Waals surface area contributed by atoms with Crippen LogP contribution >= 0.6 is 15.9 Å². The van der Waals surface area contributed by atoms with Crippen molar-refractivity contribution in [1.29, 1.82) is 0 Å². The van der Waals surface area contributed by atoms with Crippen LogP contribution in [-0.2, 0) is 4.79 Å². The second-order valence-electron chi connectivity index (χ2n) is 4.19.